The largest absolute Gasteiger partial charge is 0.373 e. The predicted molar refractivity (Wildman–Crippen MR) is 145 cm³/mol. The van der Waals surface area contributed by atoms with Crippen LogP contribution in [-0.4, -0.2) is 64.6 Å². The fourth-order valence-corrected chi connectivity index (χ4v) is 6.54. The SMILES string of the molecule is O=C1C(=CN2CCN(c3ccccc3)CC2)C(=O)N(CCc2cccs2)SN1CCc1cccs1. The lowest BCUT2D eigenvalue weighted by atomic mass is 10.2. The molecular formula is C26H28N4O2S3. The number of anilines is 1. The summed E-state index contributed by atoms with van der Waals surface area (Å²) >= 11 is 4.66. The molecule has 182 valence electrons. The van der Waals surface area contributed by atoms with E-state index in [1.54, 1.807) is 31.3 Å². The number of hydrogen-bond donors (Lipinski definition) is 0. The number of benzene rings is 1. The summed E-state index contributed by atoms with van der Waals surface area (Å²) in [5.74, 6) is -0.371. The van der Waals surface area contributed by atoms with Crippen molar-refractivity contribution in [1.29, 1.82) is 0 Å². The molecule has 2 fully saturated rings. The predicted octanol–water partition coefficient (Wildman–Crippen LogP) is 4.53. The Bertz CT molecular complexity index is 1080. The van der Waals surface area contributed by atoms with Crippen LogP contribution in [0.4, 0.5) is 5.69 Å². The van der Waals surface area contributed by atoms with Gasteiger partial charge < -0.3 is 9.80 Å². The molecule has 2 amide bonds. The summed E-state index contributed by atoms with van der Waals surface area (Å²) in [7, 11) is 0. The molecule has 5 rings (SSSR count). The zero-order chi connectivity index (χ0) is 24.0. The molecule has 0 N–H and O–H groups in total. The molecular weight excluding hydrogens is 497 g/mol. The summed E-state index contributed by atoms with van der Waals surface area (Å²) < 4.78 is 3.50. The van der Waals surface area contributed by atoms with E-state index in [9.17, 15) is 9.59 Å². The van der Waals surface area contributed by atoms with Gasteiger partial charge in [-0.2, -0.15) is 0 Å². The molecule has 6 nitrogen and oxygen atoms in total. The van der Waals surface area contributed by atoms with Crippen molar-refractivity contribution < 1.29 is 9.59 Å². The van der Waals surface area contributed by atoms with Gasteiger partial charge in [0.2, 0.25) is 0 Å². The van der Waals surface area contributed by atoms with Crippen molar-refractivity contribution in [3.05, 3.63) is 86.9 Å². The van der Waals surface area contributed by atoms with Crippen LogP contribution in [0.15, 0.2) is 77.1 Å². The number of para-hydroxylation sites is 1. The van der Waals surface area contributed by atoms with Crippen LogP contribution < -0.4 is 4.90 Å². The number of nitrogens with zero attached hydrogens (tertiary/aromatic N) is 4. The highest BCUT2D eigenvalue weighted by Crippen LogP contribution is 2.30. The lowest BCUT2D eigenvalue weighted by Crippen LogP contribution is -2.48. The molecule has 0 bridgehead atoms. The van der Waals surface area contributed by atoms with Gasteiger partial charge in [0, 0.05) is 73.8 Å². The van der Waals surface area contributed by atoms with Gasteiger partial charge in [-0.3, -0.25) is 18.2 Å². The minimum absolute atomic E-state index is 0.186. The molecule has 35 heavy (non-hydrogen) atoms. The average molecular weight is 525 g/mol. The number of carbonyl (C=O) groups excluding carboxylic acids is 2. The first-order valence-electron chi connectivity index (χ1n) is 11.8. The Labute approximate surface area is 218 Å². The lowest BCUT2D eigenvalue weighted by Gasteiger charge is -2.38. The van der Waals surface area contributed by atoms with Gasteiger partial charge >= 0.3 is 0 Å². The van der Waals surface area contributed by atoms with Crippen LogP contribution in [0.25, 0.3) is 0 Å². The Balaban J connectivity index is 1.29. The molecule has 2 aliphatic rings. The third-order valence-corrected chi connectivity index (χ3v) is 9.10. The van der Waals surface area contributed by atoms with Crippen LogP contribution in [0.2, 0.25) is 0 Å². The summed E-state index contributed by atoms with van der Waals surface area (Å²) in [5.41, 5.74) is 1.48. The maximum atomic E-state index is 13.4. The molecule has 0 unspecified atom stereocenters. The Morgan fingerprint density at radius 1 is 0.714 bits per heavy atom. The van der Waals surface area contributed by atoms with Crippen molar-refractivity contribution in [3.63, 3.8) is 0 Å². The highest BCUT2D eigenvalue weighted by molar-refractivity contribution is 7.96. The van der Waals surface area contributed by atoms with Crippen molar-refractivity contribution >= 4 is 52.3 Å². The zero-order valence-corrected chi connectivity index (χ0v) is 21.9. The maximum Gasteiger partial charge on any atom is 0.272 e. The van der Waals surface area contributed by atoms with E-state index >= 15 is 0 Å². The van der Waals surface area contributed by atoms with Crippen LogP contribution in [0.5, 0.6) is 0 Å². The Kier molecular flexibility index (Phi) is 7.75. The molecule has 1 aromatic carbocycles. The molecule has 0 aliphatic carbocycles. The molecule has 2 saturated heterocycles. The van der Waals surface area contributed by atoms with Gasteiger partial charge in [0.25, 0.3) is 11.8 Å². The fraction of sp³-hybridized carbons (Fsp3) is 0.308. The quantitative estimate of drug-likeness (QED) is 0.246. The number of thiophene rings is 2. The molecule has 0 atom stereocenters. The van der Waals surface area contributed by atoms with Gasteiger partial charge in [-0.15, -0.1) is 22.7 Å². The smallest absolute Gasteiger partial charge is 0.272 e. The van der Waals surface area contributed by atoms with E-state index in [-0.39, 0.29) is 17.4 Å². The minimum atomic E-state index is -0.186. The molecule has 2 aliphatic heterocycles. The summed E-state index contributed by atoms with van der Waals surface area (Å²) in [4.78, 5) is 33.7. The second-order valence-electron chi connectivity index (χ2n) is 8.46. The van der Waals surface area contributed by atoms with Crippen LogP contribution in [-0.2, 0) is 22.4 Å². The average Bonchev–Trinajstić information content (AvgIpc) is 3.61. The van der Waals surface area contributed by atoms with Gasteiger partial charge in [-0.1, -0.05) is 30.3 Å². The Morgan fingerprint density at radius 3 is 1.80 bits per heavy atom. The van der Waals surface area contributed by atoms with E-state index in [1.807, 2.05) is 24.4 Å². The summed E-state index contributed by atoms with van der Waals surface area (Å²) in [5, 5.41) is 4.11. The first kappa shape index (κ1) is 24.0. The Hall–Kier alpha value is -2.75. The number of hydrogen-bond acceptors (Lipinski definition) is 7. The first-order chi connectivity index (χ1) is 17.2. The number of amides is 2. The second-order valence-corrected chi connectivity index (χ2v) is 11.6. The van der Waals surface area contributed by atoms with Crippen LogP contribution in [0.3, 0.4) is 0 Å². The molecule has 3 aromatic rings. The van der Waals surface area contributed by atoms with Crippen molar-refractivity contribution in [3.8, 4) is 0 Å². The molecule has 2 aromatic heterocycles. The number of carbonyl (C=O) groups is 2. The van der Waals surface area contributed by atoms with Gasteiger partial charge in [-0.05, 0) is 35.0 Å². The monoisotopic (exact) mass is 524 g/mol. The van der Waals surface area contributed by atoms with Crippen molar-refractivity contribution in [1.82, 2.24) is 13.5 Å². The third kappa shape index (κ3) is 5.91. The molecule has 4 heterocycles. The Morgan fingerprint density at radius 2 is 1.29 bits per heavy atom. The fourth-order valence-electron chi connectivity index (χ4n) is 4.21. The van der Waals surface area contributed by atoms with Crippen LogP contribution in [0, 0.1) is 0 Å². The summed E-state index contributed by atoms with van der Waals surface area (Å²) in [6.45, 7) is 4.41. The zero-order valence-electron chi connectivity index (χ0n) is 19.4. The van der Waals surface area contributed by atoms with E-state index in [4.69, 9.17) is 0 Å². The first-order valence-corrected chi connectivity index (χ1v) is 14.3. The van der Waals surface area contributed by atoms with Crippen molar-refractivity contribution in [2.24, 2.45) is 0 Å². The highest BCUT2D eigenvalue weighted by atomic mass is 32.2. The summed E-state index contributed by atoms with van der Waals surface area (Å²) in [6.07, 6.45) is 3.38. The molecule has 0 spiro atoms. The molecule has 0 radical (unpaired) electrons. The van der Waals surface area contributed by atoms with Crippen molar-refractivity contribution in [2.75, 3.05) is 44.2 Å². The molecule has 9 heteroatoms. The standard InChI is InChI=1S/C26H28N4O2S3/c31-25-24(20-27-14-16-28(17-15-27)21-6-2-1-3-7-21)26(32)30(13-11-23-9-5-19-34-23)35-29(25)12-10-22-8-4-18-33-22/h1-9,18-20H,10-17H2. The van der Waals surface area contributed by atoms with Crippen LogP contribution >= 0.6 is 34.8 Å². The van der Waals surface area contributed by atoms with E-state index in [2.05, 4.69) is 57.0 Å². The summed E-state index contributed by atoms with van der Waals surface area (Å²) in [6, 6.07) is 18.6. The number of piperazine rings is 1. The van der Waals surface area contributed by atoms with E-state index in [0.717, 1.165) is 39.0 Å². The van der Waals surface area contributed by atoms with Crippen LogP contribution in [0.1, 0.15) is 9.75 Å². The van der Waals surface area contributed by atoms with E-state index in [0.29, 0.717) is 13.1 Å². The minimum Gasteiger partial charge on any atom is -0.373 e. The number of rotatable bonds is 8. The lowest BCUT2D eigenvalue weighted by molar-refractivity contribution is -0.131. The van der Waals surface area contributed by atoms with Gasteiger partial charge in [-0.25, -0.2) is 0 Å². The molecule has 0 saturated carbocycles. The third-order valence-electron chi connectivity index (χ3n) is 6.14. The maximum absolute atomic E-state index is 13.4. The normalized spacial score (nSPS) is 16.9. The van der Waals surface area contributed by atoms with Gasteiger partial charge in [0.15, 0.2) is 0 Å². The van der Waals surface area contributed by atoms with Gasteiger partial charge in [0.05, 0.1) is 12.1 Å². The van der Waals surface area contributed by atoms with E-state index < -0.39 is 0 Å². The highest BCUT2D eigenvalue weighted by Gasteiger charge is 2.37. The van der Waals surface area contributed by atoms with E-state index in [1.165, 1.54) is 27.6 Å². The second kappa shape index (κ2) is 11.3. The topological polar surface area (TPSA) is 47.1 Å². The van der Waals surface area contributed by atoms with Crippen molar-refractivity contribution in [2.45, 2.75) is 12.8 Å². The van der Waals surface area contributed by atoms with Gasteiger partial charge in [0.1, 0.15) is 5.57 Å².